The van der Waals surface area contributed by atoms with Crippen LogP contribution in [0.2, 0.25) is 4.34 Å². The topological polar surface area (TPSA) is 21.3 Å². The number of hydrogen-bond acceptors (Lipinski definition) is 3. The van der Waals surface area contributed by atoms with Gasteiger partial charge in [-0.1, -0.05) is 18.5 Å². The molecule has 114 valence electrons. The van der Waals surface area contributed by atoms with Crippen molar-refractivity contribution in [3.05, 3.63) is 20.8 Å². The molecule has 2 nitrogen and oxygen atoms in total. The number of ether oxygens (including phenoxy) is 1. The van der Waals surface area contributed by atoms with Gasteiger partial charge in [-0.2, -0.15) is 0 Å². The zero-order valence-corrected chi connectivity index (χ0v) is 14.2. The van der Waals surface area contributed by atoms with Crippen LogP contribution in [0.15, 0.2) is 6.07 Å². The second-order valence-electron chi connectivity index (χ2n) is 5.68. The van der Waals surface area contributed by atoms with Crippen molar-refractivity contribution in [3.8, 4) is 0 Å². The smallest absolute Gasteiger partial charge is 0.0960 e. The highest BCUT2D eigenvalue weighted by Gasteiger charge is 2.19. The number of aryl methyl sites for hydroxylation is 1. The second-order valence-corrected chi connectivity index (χ2v) is 7.36. The first-order valence-corrected chi connectivity index (χ1v) is 9.01. The molecule has 4 heteroatoms. The van der Waals surface area contributed by atoms with E-state index in [1.54, 1.807) is 11.3 Å². The van der Waals surface area contributed by atoms with Gasteiger partial charge in [0.1, 0.15) is 0 Å². The maximum Gasteiger partial charge on any atom is 0.0960 e. The summed E-state index contributed by atoms with van der Waals surface area (Å²) in [5, 5.41) is 3.66. The quantitative estimate of drug-likeness (QED) is 0.755. The summed E-state index contributed by atoms with van der Waals surface area (Å²) in [6.07, 6.45) is 7.69. The normalized spacial score (nSPS) is 21.1. The lowest BCUT2D eigenvalue weighted by Crippen LogP contribution is -2.25. The van der Waals surface area contributed by atoms with Gasteiger partial charge in [-0.05, 0) is 63.6 Å². The molecule has 1 aromatic heterocycles. The van der Waals surface area contributed by atoms with E-state index in [-0.39, 0.29) is 0 Å². The molecular formula is C16H26ClNOS. The zero-order valence-electron chi connectivity index (χ0n) is 12.6. The van der Waals surface area contributed by atoms with Crippen molar-refractivity contribution in [2.24, 2.45) is 0 Å². The summed E-state index contributed by atoms with van der Waals surface area (Å²) in [7, 11) is 0. The number of thiophene rings is 1. The van der Waals surface area contributed by atoms with Crippen LogP contribution in [-0.2, 0) is 4.74 Å². The highest BCUT2D eigenvalue weighted by molar-refractivity contribution is 7.16. The molecule has 2 heterocycles. The molecule has 0 saturated carbocycles. The maximum atomic E-state index is 6.22. The summed E-state index contributed by atoms with van der Waals surface area (Å²) in [5.74, 6) is 0. The van der Waals surface area contributed by atoms with Gasteiger partial charge in [0.2, 0.25) is 0 Å². The molecule has 0 aliphatic carbocycles. The van der Waals surface area contributed by atoms with E-state index < -0.39 is 0 Å². The number of rotatable bonds is 7. The maximum absolute atomic E-state index is 6.22. The molecule has 1 aromatic rings. The average Bonchev–Trinajstić information content (AvgIpc) is 2.80. The molecule has 2 unspecified atom stereocenters. The van der Waals surface area contributed by atoms with Gasteiger partial charge in [0.25, 0.3) is 0 Å². The van der Waals surface area contributed by atoms with Crippen LogP contribution >= 0.6 is 22.9 Å². The molecule has 0 aromatic carbocycles. The van der Waals surface area contributed by atoms with E-state index in [2.05, 4.69) is 25.2 Å². The minimum Gasteiger partial charge on any atom is -0.378 e. The Morgan fingerprint density at radius 3 is 2.95 bits per heavy atom. The number of nitrogens with one attached hydrogen (secondary N) is 1. The fourth-order valence-electron chi connectivity index (χ4n) is 2.71. The first kappa shape index (κ1) is 16.3. The standard InChI is InChI=1S/C16H26ClNOS/c1-3-9-18-14(15-11-12(2)16(17)20-15)8-7-13-6-4-5-10-19-13/h11,13-14,18H,3-10H2,1-2H3. The van der Waals surface area contributed by atoms with Gasteiger partial charge in [0.15, 0.2) is 0 Å². The van der Waals surface area contributed by atoms with Gasteiger partial charge < -0.3 is 10.1 Å². The van der Waals surface area contributed by atoms with Gasteiger partial charge in [0, 0.05) is 17.5 Å². The van der Waals surface area contributed by atoms with Crippen LogP contribution < -0.4 is 5.32 Å². The SMILES string of the molecule is CCCNC(CCC1CCCCO1)c1cc(C)c(Cl)s1. The molecule has 1 N–H and O–H groups in total. The predicted octanol–water partition coefficient (Wildman–Crippen LogP) is 5.10. The Bertz CT molecular complexity index is 382. The lowest BCUT2D eigenvalue weighted by Gasteiger charge is -2.25. The third-order valence-corrected chi connectivity index (χ3v) is 5.58. The number of hydrogen-bond donors (Lipinski definition) is 1. The Balaban J connectivity index is 1.92. The molecule has 0 radical (unpaired) electrons. The fourth-order valence-corrected chi connectivity index (χ4v) is 4.03. The monoisotopic (exact) mass is 315 g/mol. The van der Waals surface area contributed by atoms with Crippen molar-refractivity contribution in [2.75, 3.05) is 13.2 Å². The zero-order chi connectivity index (χ0) is 14.4. The van der Waals surface area contributed by atoms with Crippen LogP contribution in [0.1, 0.15) is 61.9 Å². The van der Waals surface area contributed by atoms with Crippen LogP contribution in [0.3, 0.4) is 0 Å². The van der Waals surface area contributed by atoms with E-state index in [0.717, 1.165) is 36.8 Å². The van der Waals surface area contributed by atoms with E-state index in [1.165, 1.54) is 29.7 Å². The summed E-state index contributed by atoms with van der Waals surface area (Å²) in [6, 6.07) is 2.67. The fraction of sp³-hybridized carbons (Fsp3) is 0.750. The van der Waals surface area contributed by atoms with Crippen molar-refractivity contribution >= 4 is 22.9 Å². The largest absolute Gasteiger partial charge is 0.378 e. The molecule has 0 amide bonds. The van der Waals surface area contributed by atoms with Gasteiger partial charge in [-0.3, -0.25) is 0 Å². The molecule has 1 aliphatic heterocycles. The van der Waals surface area contributed by atoms with E-state index in [4.69, 9.17) is 16.3 Å². The molecule has 20 heavy (non-hydrogen) atoms. The minimum atomic E-state index is 0.427. The molecular weight excluding hydrogens is 290 g/mol. The van der Waals surface area contributed by atoms with E-state index in [9.17, 15) is 0 Å². The van der Waals surface area contributed by atoms with Gasteiger partial charge in [-0.15, -0.1) is 11.3 Å². The average molecular weight is 316 g/mol. The van der Waals surface area contributed by atoms with Gasteiger partial charge in [0.05, 0.1) is 10.4 Å². The third kappa shape index (κ3) is 4.73. The molecule has 2 rings (SSSR count). The molecule has 2 atom stereocenters. The van der Waals surface area contributed by atoms with Crippen molar-refractivity contribution in [1.82, 2.24) is 5.32 Å². The highest BCUT2D eigenvalue weighted by Crippen LogP contribution is 2.33. The Hall–Kier alpha value is -0.0900. The molecule has 0 bridgehead atoms. The molecule has 0 spiro atoms. The Kier molecular flexibility index (Phi) is 6.82. The molecule has 1 fully saturated rings. The van der Waals surface area contributed by atoms with Crippen LogP contribution in [0.4, 0.5) is 0 Å². The Morgan fingerprint density at radius 2 is 2.35 bits per heavy atom. The van der Waals surface area contributed by atoms with Crippen LogP contribution in [0, 0.1) is 6.92 Å². The van der Waals surface area contributed by atoms with Crippen molar-refractivity contribution in [1.29, 1.82) is 0 Å². The summed E-state index contributed by atoms with van der Waals surface area (Å²) in [6.45, 7) is 6.30. The predicted molar refractivity (Wildman–Crippen MR) is 87.9 cm³/mol. The second kappa shape index (κ2) is 8.38. The van der Waals surface area contributed by atoms with Crippen molar-refractivity contribution in [3.63, 3.8) is 0 Å². The summed E-state index contributed by atoms with van der Waals surface area (Å²) >= 11 is 7.94. The van der Waals surface area contributed by atoms with Gasteiger partial charge in [-0.25, -0.2) is 0 Å². The Labute approximate surface area is 131 Å². The summed E-state index contributed by atoms with van der Waals surface area (Å²) in [4.78, 5) is 1.37. The third-order valence-electron chi connectivity index (χ3n) is 3.91. The lowest BCUT2D eigenvalue weighted by atomic mass is 10.0. The first-order valence-electron chi connectivity index (χ1n) is 7.81. The van der Waals surface area contributed by atoms with Crippen LogP contribution in [0.5, 0.6) is 0 Å². The van der Waals surface area contributed by atoms with Crippen LogP contribution in [0.25, 0.3) is 0 Å². The van der Waals surface area contributed by atoms with Crippen LogP contribution in [-0.4, -0.2) is 19.3 Å². The Morgan fingerprint density at radius 1 is 1.50 bits per heavy atom. The first-order chi connectivity index (χ1) is 9.70. The molecule has 1 saturated heterocycles. The van der Waals surface area contributed by atoms with Crippen molar-refractivity contribution in [2.45, 2.75) is 64.5 Å². The van der Waals surface area contributed by atoms with Crippen molar-refractivity contribution < 1.29 is 4.74 Å². The molecule has 1 aliphatic rings. The number of halogens is 1. The highest BCUT2D eigenvalue weighted by atomic mass is 35.5. The summed E-state index contributed by atoms with van der Waals surface area (Å²) in [5.41, 5.74) is 1.20. The minimum absolute atomic E-state index is 0.427. The lowest BCUT2D eigenvalue weighted by molar-refractivity contribution is 0.00860. The van der Waals surface area contributed by atoms with E-state index in [0.29, 0.717) is 12.1 Å². The summed E-state index contributed by atoms with van der Waals surface area (Å²) < 4.78 is 6.78. The van der Waals surface area contributed by atoms with E-state index >= 15 is 0 Å². The van der Waals surface area contributed by atoms with E-state index in [1.807, 2.05) is 0 Å². The van der Waals surface area contributed by atoms with Gasteiger partial charge >= 0.3 is 0 Å².